The van der Waals surface area contributed by atoms with Gasteiger partial charge >= 0.3 is 0 Å². The average Bonchev–Trinajstić information content (AvgIpc) is 2.65. The van der Waals surface area contributed by atoms with Crippen LogP contribution < -0.4 is 10.4 Å². The Kier molecular flexibility index (Phi) is 5.05. The Morgan fingerprint density at radius 2 is 1.12 bits per heavy atom. The summed E-state index contributed by atoms with van der Waals surface area (Å²) in [5, 5.41) is 2.89. The van der Waals surface area contributed by atoms with E-state index in [-0.39, 0.29) is 0 Å². The highest BCUT2D eigenvalue weighted by molar-refractivity contribution is 7.05. The molecule has 0 saturated heterocycles. The second kappa shape index (κ2) is 7.24. The van der Waals surface area contributed by atoms with E-state index in [2.05, 4.69) is 112 Å². The Hall–Kier alpha value is -2.38. The minimum atomic E-state index is -1.92. The summed E-state index contributed by atoms with van der Waals surface area (Å²) in [6.45, 7) is 9.01. The molecule has 25 heavy (non-hydrogen) atoms. The van der Waals surface area contributed by atoms with Gasteiger partial charge in [-0.1, -0.05) is 101 Å². The topological polar surface area (TPSA) is 0 Å². The summed E-state index contributed by atoms with van der Waals surface area (Å²) in [5.74, 6) is 0. The van der Waals surface area contributed by atoms with Gasteiger partial charge < -0.3 is 0 Å². The zero-order valence-electron chi connectivity index (χ0n) is 15.6. The summed E-state index contributed by atoms with van der Waals surface area (Å²) in [6, 6.07) is 26.5. The standard InChI is InChI=1S/C24H26Si/c1-19-17-21(3)22(18-20(19)2)15-16-25(4,23-11-7-5-8-12-23)24-13-9-6-10-14-24/h5-18H,1-4H3. The SMILES string of the molecule is Cc1cc(C)c(C=C[Si](C)(c2ccccc2)c2ccccc2)cc1C. The van der Waals surface area contributed by atoms with Crippen LogP contribution in [0.3, 0.4) is 0 Å². The lowest BCUT2D eigenvalue weighted by Gasteiger charge is -2.25. The summed E-state index contributed by atoms with van der Waals surface area (Å²) in [7, 11) is -1.92. The van der Waals surface area contributed by atoms with Gasteiger partial charge in [0.05, 0.1) is 0 Å². The number of hydrogen-bond acceptors (Lipinski definition) is 0. The van der Waals surface area contributed by atoms with E-state index in [1.165, 1.54) is 32.6 Å². The summed E-state index contributed by atoms with van der Waals surface area (Å²) in [6.07, 6.45) is 2.34. The molecule has 0 amide bonds. The molecule has 0 spiro atoms. The van der Waals surface area contributed by atoms with Crippen molar-refractivity contribution < 1.29 is 0 Å². The van der Waals surface area contributed by atoms with Gasteiger partial charge in [-0.2, -0.15) is 0 Å². The van der Waals surface area contributed by atoms with Gasteiger partial charge in [-0.3, -0.25) is 0 Å². The second-order valence-corrected chi connectivity index (χ2v) is 11.0. The van der Waals surface area contributed by atoms with Gasteiger partial charge in [0.2, 0.25) is 0 Å². The normalized spacial score (nSPS) is 11.8. The molecule has 1 heteroatoms. The van der Waals surface area contributed by atoms with Crippen LogP contribution in [0, 0.1) is 20.8 Å². The van der Waals surface area contributed by atoms with Gasteiger partial charge in [-0.25, -0.2) is 0 Å². The van der Waals surface area contributed by atoms with Crippen LogP contribution in [0.1, 0.15) is 22.3 Å². The van der Waals surface area contributed by atoms with E-state index < -0.39 is 8.07 Å². The number of benzene rings is 3. The van der Waals surface area contributed by atoms with Gasteiger partial charge in [0.1, 0.15) is 8.07 Å². The highest BCUT2D eigenvalue weighted by atomic mass is 28.3. The fraction of sp³-hybridized carbons (Fsp3) is 0.167. The number of aryl methyl sites for hydroxylation is 3. The maximum atomic E-state index is 2.48. The molecular weight excluding hydrogens is 316 g/mol. The molecule has 0 bridgehead atoms. The summed E-state index contributed by atoms with van der Waals surface area (Å²) >= 11 is 0. The van der Waals surface area contributed by atoms with Crippen LogP contribution in [0.5, 0.6) is 0 Å². The van der Waals surface area contributed by atoms with Gasteiger partial charge in [0, 0.05) is 0 Å². The van der Waals surface area contributed by atoms with E-state index in [0.29, 0.717) is 0 Å². The fourth-order valence-electron chi connectivity index (χ4n) is 3.35. The Bertz CT molecular complexity index is 837. The molecule has 0 heterocycles. The predicted octanol–water partition coefficient (Wildman–Crippen LogP) is 5.06. The van der Waals surface area contributed by atoms with E-state index >= 15 is 0 Å². The van der Waals surface area contributed by atoms with Crippen LogP contribution in [0.2, 0.25) is 6.55 Å². The van der Waals surface area contributed by atoms with Crippen LogP contribution in [0.15, 0.2) is 78.5 Å². The molecule has 126 valence electrons. The monoisotopic (exact) mass is 342 g/mol. The molecular formula is C24H26Si. The van der Waals surface area contributed by atoms with Crippen molar-refractivity contribution in [1.82, 2.24) is 0 Å². The van der Waals surface area contributed by atoms with Crippen molar-refractivity contribution in [3.8, 4) is 0 Å². The Balaban J connectivity index is 2.09. The zero-order valence-corrected chi connectivity index (χ0v) is 16.6. The average molecular weight is 343 g/mol. The van der Waals surface area contributed by atoms with E-state index in [4.69, 9.17) is 0 Å². The van der Waals surface area contributed by atoms with Gasteiger partial charge in [0.25, 0.3) is 0 Å². The Labute approximate surface area is 152 Å². The van der Waals surface area contributed by atoms with Crippen molar-refractivity contribution in [2.75, 3.05) is 0 Å². The molecule has 0 atom stereocenters. The van der Waals surface area contributed by atoms with E-state index in [9.17, 15) is 0 Å². The number of rotatable bonds is 4. The summed E-state index contributed by atoms with van der Waals surface area (Å²) in [5.41, 5.74) is 7.87. The van der Waals surface area contributed by atoms with Crippen LogP contribution in [-0.2, 0) is 0 Å². The lowest BCUT2D eigenvalue weighted by molar-refractivity contribution is 1.29. The molecule has 0 unspecified atom stereocenters. The smallest absolute Gasteiger partial charge is 0.0855 e. The van der Waals surface area contributed by atoms with Crippen molar-refractivity contribution in [3.05, 3.63) is 101 Å². The molecule has 3 aromatic carbocycles. The maximum Gasteiger partial charge on any atom is 0.138 e. The molecule has 0 saturated carbocycles. The van der Waals surface area contributed by atoms with Crippen molar-refractivity contribution in [3.63, 3.8) is 0 Å². The van der Waals surface area contributed by atoms with Crippen molar-refractivity contribution in [2.24, 2.45) is 0 Å². The first-order valence-corrected chi connectivity index (χ1v) is 11.5. The molecule has 0 aliphatic heterocycles. The van der Waals surface area contributed by atoms with E-state index in [1.54, 1.807) is 0 Å². The molecule has 0 aromatic heterocycles. The quantitative estimate of drug-likeness (QED) is 0.582. The largest absolute Gasteiger partial charge is 0.138 e. The first-order valence-electron chi connectivity index (χ1n) is 8.89. The predicted molar refractivity (Wildman–Crippen MR) is 113 cm³/mol. The van der Waals surface area contributed by atoms with Crippen LogP contribution in [0.25, 0.3) is 6.08 Å². The molecule has 3 rings (SSSR count). The molecule has 0 aliphatic carbocycles. The molecule has 0 nitrogen and oxygen atoms in total. The highest BCUT2D eigenvalue weighted by Crippen LogP contribution is 2.18. The van der Waals surface area contributed by atoms with Crippen molar-refractivity contribution in [2.45, 2.75) is 27.3 Å². The Morgan fingerprint density at radius 3 is 1.64 bits per heavy atom. The third kappa shape index (κ3) is 3.67. The zero-order chi connectivity index (χ0) is 17.9. The van der Waals surface area contributed by atoms with Crippen LogP contribution in [-0.4, -0.2) is 8.07 Å². The van der Waals surface area contributed by atoms with Crippen LogP contribution >= 0.6 is 0 Å². The van der Waals surface area contributed by atoms with Gasteiger partial charge in [-0.05, 0) is 43.0 Å². The highest BCUT2D eigenvalue weighted by Gasteiger charge is 2.28. The van der Waals surface area contributed by atoms with Gasteiger partial charge in [0.15, 0.2) is 0 Å². The van der Waals surface area contributed by atoms with Crippen molar-refractivity contribution in [1.29, 1.82) is 0 Å². The van der Waals surface area contributed by atoms with E-state index in [0.717, 1.165) is 0 Å². The molecule has 0 radical (unpaired) electrons. The van der Waals surface area contributed by atoms with E-state index in [1.807, 2.05) is 0 Å². The van der Waals surface area contributed by atoms with Crippen molar-refractivity contribution >= 4 is 24.5 Å². The third-order valence-corrected chi connectivity index (χ3v) is 9.12. The summed E-state index contributed by atoms with van der Waals surface area (Å²) < 4.78 is 0. The minimum absolute atomic E-state index is 1.33. The van der Waals surface area contributed by atoms with Gasteiger partial charge in [-0.15, -0.1) is 0 Å². The lowest BCUT2D eigenvalue weighted by atomic mass is 10.0. The molecule has 3 aromatic rings. The second-order valence-electron chi connectivity index (χ2n) is 7.06. The summed E-state index contributed by atoms with van der Waals surface area (Å²) in [4.78, 5) is 0. The molecule has 0 N–H and O–H groups in total. The lowest BCUT2D eigenvalue weighted by Crippen LogP contribution is -2.54. The molecule has 0 fully saturated rings. The molecule has 0 aliphatic rings. The maximum absolute atomic E-state index is 2.48. The number of hydrogen-bond donors (Lipinski definition) is 0. The minimum Gasteiger partial charge on any atom is -0.0855 e. The fourth-order valence-corrected chi connectivity index (χ4v) is 6.35. The Morgan fingerprint density at radius 1 is 0.640 bits per heavy atom. The first-order chi connectivity index (χ1) is 12.0. The first kappa shape index (κ1) is 17.4. The van der Waals surface area contributed by atoms with Crippen LogP contribution in [0.4, 0.5) is 0 Å². The third-order valence-electron chi connectivity index (χ3n) is 5.23.